The van der Waals surface area contributed by atoms with E-state index in [9.17, 15) is 19.6 Å². The minimum Gasteiger partial charge on any atom is -0.358 e. The van der Waals surface area contributed by atoms with Crippen LogP contribution in [-0.4, -0.2) is 37.4 Å². The maximum atomic E-state index is 12.6. The highest BCUT2D eigenvalue weighted by atomic mass is 16.2. The second kappa shape index (κ2) is 5.94. The number of hydrogen-bond donors (Lipinski definition) is 1. The fraction of sp³-hybridized carbons (Fsp3) is 0.400. The van der Waals surface area contributed by atoms with Gasteiger partial charge in [0.05, 0.1) is 11.9 Å². The first kappa shape index (κ1) is 16.5. The van der Waals surface area contributed by atoms with Crippen LogP contribution in [0.1, 0.15) is 12.0 Å². The normalized spacial score (nSPS) is 17.0. The van der Waals surface area contributed by atoms with Crippen LogP contribution in [0.4, 0.5) is 11.5 Å². The monoisotopic (exact) mass is 343 g/mol. The molecule has 1 saturated heterocycles. The van der Waals surface area contributed by atoms with Crippen molar-refractivity contribution < 1.29 is 4.79 Å². The van der Waals surface area contributed by atoms with Crippen LogP contribution in [0.15, 0.2) is 22.0 Å². The Hall–Kier alpha value is -3.35. The Balaban J connectivity index is 1.94. The van der Waals surface area contributed by atoms with E-state index in [1.165, 1.54) is 18.7 Å². The Morgan fingerprint density at radius 3 is 2.56 bits per heavy atom. The molecule has 0 spiro atoms. The first-order chi connectivity index (χ1) is 11.8. The molecule has 10 nitrogen and oxygen atoms in total. The average Bonchev–Trinajstić information content (AvgIpc) is 3.17. The zero-order valence-electron chi connectivity index (χ0n) is 14.1. The number of nitrogens with one attached hydrogen (secondary N) is 1. The molecule has 1 fully saturated rings. The van der Waals surface area contributed by atoms with E-state index in [0.29, 0.717) is 18.7 Å². The highest BCUT2D eigenvalue weighted by Gasteiger charge is 2.34. The first-order valence-corrected chi connectivity index (χ1v) is 7.61. The van der Waals surface area contributed by atoms with Crippen molar-refractivity contribution in [1.29, 1.82) is 5.26 Å². The minimum absolute atomic E-state index is 0.0574. The van der Waals surface area contributed by atoms with Crippen molar-refractivity contribution in [3.63, 3.8) is 0 Å². The minimum atomic E-state index is -0.692. The van der Waals surface area contributed by atoms with E-state index in [1.807, 2.05) is 6.07 Å². The molecule has 3 heterocycles. The summed E-state index contributed by atoms with van der Waals surface area (Å²) in [6.07, 6.45) is 3.80. The zero-order valence-corrected chi connectivity index (χ0v) is 14.1. The van der Waals surface area contributed by atoms with Gasteiger partial charge in [-0.25, -0.2) is 4.79 Å². The quantitative estimate of drug-likeness (QED) is 0.756. The van der Waals surface area contributed by atoms with Gasteiger partial charge in [-0.3, -0.25) is 23.4 Å². The van der Waals surface area contributed by atoms with E-state index in [4.69, 9.17) is 0 Å². The summed E-state index contributed by atoms with van der Waals surface area (Å²) in [5, 5.41) is 16.2. The molecule has 1 N–H and O–H groups in total. The Bertz CT molecular complexity index is 1010. The number of rotatable bonds is 3. The molecule has 2 aromatic rings. The predicted molar refractivity (Wildman–Crippen MR) is 89.2 cm³/mol. The molecule has 1 aliphatic heterocycles. The number of nitriles is 1. The maximum Gasteiger partial charge on any atom is 0.332 e. The molecule has 3 rings (SSSR count). The van der Waals surface area contributed by atoms with E-state index < -0.39 is 17.3 Å². The predicted octanol–water partition coefficient (Wildman–Crippen LogP) is -1.09. The van der Waals surface area contributed by atoms with E-state index in [1.54, 1.807) is 29.0 Å². The van der Waals surface area contributed by atoms with Crippen LogP contribution in [0, 0.1) is 11.3 Å². The number of anilines is 2. The van der Waals surface area contributed by atoms with Gasteiger partial charge in [0.2, 0.25) is 5.91 Å². The van der Waals surface area contributed by atoms with Crippen LogP contribution < -0.4 is 21.5 Å². The topological polar surface area (TPSA) is 118 Å². The molecule has 1 unspecified atom stereocenters. The van der Waals surface area contributed by atoms with Crippen LogP contribution in [-0.2, 0) is 25.9 Å². The lowest BCUT2D eigenvalue weighted by Gasteiger charge is -2.18. The van der Waals surface area contributed by atoms with Gasteiger partial charge < -0.3 is 10.2 Å². The third-order valence-electron chi connectivity index (χ3n) is 4.30. The number of amides is 1. The molecule has 0 aromatic carbocycles. The molecule has 0 bridgehead atoms. The van der Waals surface area contributed by atoms with Crippen LogP contribution in [0.2, 0.25) is 0 Å². The molecule has 2 aromatic heterocycles. The molecule has 1 aliphatic rings. The van der Waals surface area contributed by atoms with E-state index in [0.717, 1.165) is 4.57 Å². The van der Waals surface area contributed by atoms with E-state index >= 15 is 0 Å². The lowest BCUT2D eigenvalue weighted by Crippen LogP contribution is -2.42. The van der Waals surface area contributed by atoms with Crippen LogP contribution in [0.25, 0.3) is 0 Å². The molecular weight excluding hydrogens is 326 g/mol. The van der Waals surface area contributed by atoms with Gasteiger partial charge in [0, 0.05) is 33.9 Å². The summed E-state index contributed by atoms with van der Waals surface area (Å²) in [5.74, 6) is -0.146. The molecule has 0 aliphatic carbocycles. The van der Waals surface area contributed by atoms with Crippen molar-refractivity contribution in [2.24, 2.45) is 21.1 Å². The molecule has 0 saturated carbocycles. The third-order valence-corrected chi connectivity index (χ3v) is 4.30. The van der Waals surface area contributed by atoms with Crippen molar-refractivity contribution in [1.82, 2.24) is 18.9 Å². The highest BCUT2D eigenvalue weighted by Crippen LogP contribution is 2.23. The summed E-state index contributed by atoms with van der Waals surface area (Å²) in [6.45, 7) is 0.475. The molecule has 25 heavy (non-hydrogen) atoms. The van der Waals surface area contributed by atoms with Crippen LogP contribution in [0.3, 0.4) is 0 Å². The summed E-state index contributed by atoms with van der Waals surface area (Å²) in [4.78, 5) is 38.4. The van der Waals surface area contributed by atoms with Gasteiger partial charge in [-0.1, -0.05) is 0 Å². The van der Waals surface area contributed by atoms with Gasteiger partial charge in [-0.15, -0.1) is 0 Å². The highest BCUT2D eigenvalue weighted by molar-refractivity contribution is 6.00. The van der Waals surface area contributed by atoms with Gasteiger partial charge in [0.1, 0.15) is 17.9 Å². The maximum absolute atomic E-state index is 12.6. The Morgan fingerprint density at radius 1 is 1.24 bits per heavy atom. The van der Waals surface area contributed by atoms with Crippen molar-refractivity contribution in [2.75, 3.05) is 16.8 Å². The molecule has 0 radical (unpaired) electrons. The van der Waals surface area contributed by atoms with Gasteiger partial charge in [0.25, 0.3) is 5.56 Å². The Kier molecular flexibility index (Phi) is 3.92. The number of carbonyl (C=O) groups excluding carboxylic acids is 1. The van der Waals surface area contributed by atoms with Gasteiger partial charge in [0.15, 0.2) is 5.56 Å². The second-order valence-electron chi connectivity index (χ2n) is 5.89. The van der Waals surface area contributed by atoms with Gasteiger partial charge >= 0.3 is 5.69 Å². The molecule has 130 valence electrons. The molecule has 10 heteroatoms. The SMILES string of the molecule is Cn1cc(N2CCC(Nc3c(C#N)c(=O)n(C)c(=O)n3C)C2=O)cn1. The third kappa shape index (κ3) is 2.59. The summed E-state index contributed by atoms with van der Waals surface area (Å²) in [7, 11) is 4.51. The lowest BCUT2D eigenvalue weighted by atomic mass is 10.2. The molecular formula is C15H17N7O3. The van der Waals surface area contributed by atoms with Crippen molar-refractivity contribution in [3.05, 3.63) is 38.8 Å². The largest absolute Gasteiger partial charge is 0.358 e. The molecule has 1 amide bonds. The standard InChI is InChI=1S/C15H17N7O3/c1-19-8-9(7-17-19)22-5-4-11(14(22)24)18-12-10(6-16)13(23)21(3)15(25)20(12)2/h7-8,11,18H,4-5H2,1-3H3. The van der Waals surface area contributed by atoms with Gasteiger partial charge in [-0.2, -0.15) is 10.4 Å². The number of aromatic nitrogens is 4. The van der Waals surface area contributed by atoms with E-state index in [2.05, 4.69) is 10.4 Å². The van der Waals surface area contributed by atoms with Crippen molar-refractivity contribution in [3.8, 4) is 6.07 Å². The number of hydrogen-bond acceptors (Lipinski definition) is 6. The Labute approximate surface area is 142 Å². The molecule has 1 atom stereocenters. The number of carbonyl (C=O) groups is 1. The fourth-order valence-corrected chi connectivity index (χ4v) is 2.90. The average molecular weight is 343 g/mol. The fourth-order valence-electron chi connectivity index (χ4n) is 2.90. The lowest BCUT2D eigenvalue weighted by molar-refractivity contribution is -0.117. The smallest absolute Gasteiger partial charge is 0.332 e. The number of aryl methyl sites for hydroxylation is 1. The van der Waals surface area contributed by atoms with E-state index in [-0.39, 0.29) is 17.3 Å². The summed E-state index contributed by atoms with van der Waals surface area (Å²) in [5.41, 5.74) is -0.781. The zero-order chi connectivity index (χ0) is 18.3. The summed E-state index contributed by atoms with van der Waals surface area (Å²) in [6, 6.07) is 1.18. The summed E-state index contributed by atoms with van der Waals surface area (Å²) < 4.78 is 3.63. The van der Waals surface area contributed by atoms with Crippen molar-refractivity contribution >= 4 is 17.4 Å². The van der Waals surface area contributed by atoms with Crippen molar-refractivity contribution in [2.45, 2.75) is 12.5 Å². The second-order valence-corrected chi connectivity index (χ2v) is 5.89. The van der Waals surface area contributed by atoms with Crippen LogP contribution >= 0.6 is 0 Å². The Morgan fingerprint density at radius 2 is 1.96 bits per heavy atom. The van der Waals surface area contributed by atoms with Gasteiger partial charge in [-0.05, 0) is 6.42 Å². The summed E-state index contributed by atoms with van der Waals surface area (Å²) >= 11 is 0. The first-order valence-electron chi connectivity index (χ1n) is 7.61. The number of nitrogens with zero attached hydrogens (tertiary/aromatic N) is 6. The van der Waals surface area contributed by atoms with Crippen LogP contribution in [0.5, 0.6) is 0 Å².